The van der Waals surface area contributed by atoms with Gasteiger partial charge in [-0.2, -0.15) is 0 Å². The Morgan fingerprint density at radius 3 is 1.50 bits per heavy atom. The lowest BCUT2D eigenvalue weighted by Crippen LogP contribution is -2.76. The van der Waals surface area contributed by atoms with Crippen LogP contribution in [0.1, 0.15) is 13.3 Å². The molecule has 1 atom stereocenters. The molecule has 22 heavy (non-hydrogen) atoms. The zero-order valence-corrected chi connectivity index (χ0v) is 17.5. The van der Waals surface area contributed by atoms with Crippen molar-refractivity contribution >= 4 is 130 Å². The van der Waals surface area contributed by atoms with Gasteiger partial charge in [-0.15, -0.1) is 0 Å². The van der Waals surface area contributed by atoms with Crippen LogP contribution in [-0.2, 0) is 0 Å². The molecule has 0 N–H and O–H groups in total. The Morgan fingerprint density at radius 1 is 0.818 bits per heavy atom. The van der Waals surface area contributed by atoms with E-state index in [0.29, 0.717) is 32.0 Å². The van der Waals surface area contributed by atoms with Crippen LogP contribution in [-0.4, -0.2) is 140 Å². The Bertz CT molecular complexity index is 284. The highest BCUT2D eigenvalue weighted by atomic mass is 15.0. The second-order valence-corrected chi connectivity index (χ2v) is 8.72. The minimum Gasteiger partial charge on any atom is -0.416 e. The Morgan fingerprint density at radius 2 is 1.27 bits per heavy atom. The maximum absolute atomic E-state index is 2.95. The van der Waals surface area contributed by atoms with Gasteiger partial charge in [-0.25, -0.2) is 0 Å². The fourth-order valence-electron chi connectivity index (χ4n) is 4.47. The van der Waals surface area contributed by atoms with E-state index in [9.17, 15) is 0 Å². The molecule has 0 bridgehead atoms. The zero-order valence-electron chi connectivity index (χ0n) is 17.5. The van der Waals surface area contributed by atoms with E-state index in [1.807, 2.05) is 0 Å². The van der Waals surface area contributed by atoms with Crippen LogP contribution in [0.15, 0.2) is 0 Å². The molecule has 1 unspecified atom stereocenters. The molecule has 0 spiro atoms. The third-order valence-electron chi connectivity index (χ3n) is 5.74. The monoisotopic (exact) mass is 275 g/mol. The first-order valence-corrected chi connectivity index (χ1v) is 9.87. The molecule has 19 heteroatoms. The van der Waals surface area contributed by atoms with Crippen molar-refractivity contribution in [2.45, 2.75) is 19.3 Å². The Labute approximate surface area is 153 Å². The smallest absolute Gasteiger partial charge is 0.111 e. The maximum atomic E-state index is 2.95. The molecule has 0 saturated heterocycles. The molecule has 98 valence electrons. The molecule has 0 fully saturated rings. The minimum atomic E-state index is 0.679. The summed E-state index contributed by atoms with van der Waals surface area (Å²) >= 11 is 0. The third kappa shape index (κ3) is 6.21. The third-order valence-corrected chi connectivity index (χ3v) is 5.74. The summed E-state index contributed by atoms with van der Waals surface area (Å²) in [6.07, 6.45) is 4.15. The van der Waals surface area contributed by atoms with E-state index in [0.717, 1.165) is 19.3 Å². The van der Waals surface area contributed by atoms with Crippen molar-refractivity contribution in [3.05, 3.63) is 0 Å². The highest BCUT2D eigenvalue weighted by Crippen LogP contribution is 2.14. The number of hydrogen-bond acceptors (Lipinski definition) is 1. The average molecular weight is 272 g/mol. The van der Waals surface area contributed by atoms with E-state index in [1.54, 1.807) is 0 Å². The number of hydrogen-bond donors (Lipinski definition) is 0. The van der Waals surface area contributed by atoms with Crippen molar-refractivity contribution in [2.24, 2.45) is 0 Å². The van der Waals surface area contributed by atoms with Crippen LogP contribution in [0.2, 0.25) is 0 Å². The predicted octanol–water partition coefficient (Wildman–Crippen LogP) is -12.0. The summed E-state index contributed by atoms with van der Waals surface area (Å²) in [5.74, 6) is 0.696. The standard InChI is InChI=1S/C3H27B18N/c1-2-3(15(5)16(6)7)22(20(14-4)17(8)9)21(18(10)11)19(12)13/h3,14H,2,4-13H2,1H3. The van der Waals surface area contributed by atoms with Gasteiger partial charge in [0.15, 0.2) is 0 Å². The molecule has 0 aliphatic heterocycles. The van der Waals surface area contributed by atoms with Crippen molar-refractivity contribution in [1.82, 2.24) is 4.72 Å². The largest absolute Gasteiger partial charge is 0.416 e. The molecule has 0 saturated carbocycles. The lowest BCUT2D eigenvalue weighted by Gasteiger charge is -2.49. The maximum Gasteiger partial charge on any atom is 0.111 e. The van der Waals surface area contributed by atoms with Crippen LogP contribution in [0.5, 0.6) is 0 Å². The molecule has 0 amide bonds. The van der Waals surface area contributed by atoms with Gasteiger partial charge in [-0.1, -0.05) is 19.3 Å². The molecule has 0 aromatic rings. The van der Waals surface area contributed by atoms with E-state index in [1.165, 1.54) is 13.5 Å². The van der Waals surface area contributed by atoms with Crippen LogP contribution < -0.4 is 0 Å². The minimum absolute atomic E-state index is 0.679. The summed E-state index contributed by atoms with van der Waals surface area (Å²) in [4.78, 5) is 0. The first kappa shape index (κ1) is 23.1. The van der Waals surface area contributed by atoms with Gasteiger partial charge in [0.2, 0.25) is 0 Å². The van der Waals surface area contributed by atoms with Gasteiger partial charge in [-0.3, -0.25) is 0 Å². The normalized spacial score (nSPS) is 11.4. The van der Waals surface area contributed by atoms with Crippen LogP contribution in [0.3, 0.4) is 0 Å². The molecule has 0 radical (unpaired) electrons. The van der Waals surface area contributed by atoms with Gasteiger partial charge < -0.3 is 4.72 Å². The first-order valence-electron chi connectivity index (χ1n) is 9.87. The average Bonchev–Trinajstić information content (AvgIpc) is 2.38. The molecule has 0 aromatic heterocycles. The Hall–Kier alpha value is 1.13. The quantitative estimate of drug-likeness (QED) is 0.357. The van der Waals surface area contributed by atoms with Crippen molar-refractivity contribution in [3.8, 4) is 0 Å². The van der Waals surface area contributed by atoms with Gasteiger partial charge >= 0.3 is 0 Å². The molecule has 1 nitrogen and oxygen atoms in total. The zero-order chi connectivity index (χ0) is 17.6. The van der Waals surface area contributed by atoms with Gasteiger partial charge in [0.25, 0.3) is 0 Å². The SMILES string of the molecule is BBB(B(B)B)N(B(B(B)B)B(B)B)C(CC)B(B)B(B)B. The molecule has 0 heterocycles. The van der Waals surface area contributed by atoms with Crippen LogP contribution in [0.4, 0.5) is 0 Å². The molecular formula is C3H27B18N. The molecule has 0 rings (SSSR count). The van der Waals surface area contributed by atoms with E-state index in [4.69, 9.17) is 0 Å². The molecule has 0 aliphatic rings. The van der Waals surface area contributed by atoms with Crippen molar-refractivity contribution in [2.75, 3.05) is 0 Å². The van der Waals surface area contributed by atoms with Gasteiger partial charge in [0.1, 0.15) is 13.3 Å². The van der Waals surface area contributed by atoms with Crippen LogP contribution in [0, 0.1) is 0 Å². The van der Waals surface area contributed by atoms with Crippen molar-refractivity contribution < 1.29 is 0 Å². The lowest BCUT2D eigenvalue weighted by atomic mass is 8.72. The summed E-state index contributed by atoms with van der Waals surface area (Å²) < 4.78 is 2.95. The summed E-state index contributed by atoms with van der Waals surface area (Å²) in [5, 5.41) is 0. The lowest BCUT2D eigenvalue weighted by molar-refractivity contribution is 0.592. The van der Waals surface area contributed by atoms with E-state index >= 15 is 0 Å². The second-order valence-electron chi connectivity index (χ2n) is 8.72. The summed E-state index contributed by atoms with van der Waals surface area (Å²) in [6, 6.07) is 0. The number of nitrogens with zero attached hydrogens (tertiary/aromatic N) is 1. The highest BCUT2D eigenvalue weighted by molar-refractivity contribution is 7.83. The molecule has 0 aliphatic carbocycles. The Balaban J connectivity index is 5.83. The fraction of sp³-hybridized carbons (Fsp3) is 1.00. The van der Waals surface area contributed by atoms with E-state index < -0.39 is 0 Å². The van der Waals surface area contributed by atoms with Gasteiger partial charge in [0, 0.05) is 25.5 Å². The van der Waals surface area contributed by atoms with Crippen LogP contribution in [0.25, 0.3) is 0 Å². The topological polar surface area (TPSA) is 3.24 Å². The summed E-state index contributed by atoms with van der Waals surface area (Å²) in [7, 11) is 25.4. The van der Waals surface area contributed by atoms with Crippen molar-refractivity contribution in [1.29, 1.82) is 0 Å². The number of rotatable bonds is 10. The fourth-order valence-corrected chi connectivity index (χ4v) is 4.47. The van der Waals surface area contributed by atoms with Gasteiger partial charge in [0.05, 0.1) is 90.9 Å². The Kier molecular flexibility index (Phi) is 11.4. The highest BCUT2D eigenvalue weighted by Gasteiger charge is 2.41. The van der Waals surface area contributed by atoms with Crippen LogP contribution >= 0.6 is 0 Å². The summed E-state index contributed by atoms with van der Waals surface area (Å²) in [5.41, 5.74) is 0. The molecule has 0 aromatic carbocycles. The van der Waals surface area contributed by atoms with Gasteiger partial charge in [-0.05, 0) is 0 Å². The van der Waals surface area contributed by atoms with Crippen molar-refractivity contribution in [3.63, 3.8) is 0 Å². The van der Waals surface area contributed by atoms with E-state index in [2.05, 4.69) is 89.0 Å². The summed E-state index contributed by atoms with van der Waals surface area (Å²) in [6.45, 7) is 4.51. The van der Waals surface area contributed by atoms with E-state index in [-0.39, 0.29) is 0 Å². The second kappa shape index (κ2) is 10.9. The molecular weight excluding hydrogens is 245 g/mol. The predicted molar refractivity (Wildman–Crippen MR) is 149 cm³/mol. The first-order chi connectivity index (χ1) is 10.1.